The number of imidazole rings is 1. The third-order valence-corrected chi connectivity index (χ3v) is 4.64. The fourth-order valence-corrected chi connectivity index (χ4v) is 3.30. The maximum absolute atomic E-state index is 11.3. The molecule has 0 unspecified atom stereocenters. The van der Waals surface area contributed by atoms with E-state index >= 15 is 0 Å². The molecule has 0 bridgehead atoms. The van der Waals surface area contributed by atoms with E-state index in [9.17, 15) is 10.1 Å². The first kappa shape index (κ1) is 16.3. The molecule has 0 atom stereocenters. The van der Waals surface area contributed by atoms with Crippen molar-refractivity contribution < 1.29 is 4.92 Å². The van der Waals surface area contributed by atoms with Gasteiger partial charge >= 0.3 is 5.69 Å². The maximum atomic E-state index is 11.3. The summed E-state index contributed by atoms with van der Waals surface area (Å²) in [6.07, 6.45) is 3.77. The highest BCUT2D eigenvalue weighted by Crippen LogP contribution is 2.30. The van der Waals surface area contributed by atoms with Gasteiger partial charge in [-0.15, -0.1) is 0 Å². The lowest BCUT2D eigenvalue weighted by Crippen LogP contribution is -2.32. The Balaban J connectivity index is 1.52. The molecule has 7 nitrogen and oxygen atoms in total. The minimum absolute atomic E-state index is 0.0697. The van der Waals surface area contributed by atoms with E-state index < -0.39 is 0 Å². The van der Waals surface area contributed by atoms with Crippen LogP contribution in [0.15, 0.2) is 42.0 Å². The van der Waals surface area contributed by atoms with Gasteiger partial charge in [-0.3, -0.25) is 10.1 Å². The van der Waals surface area contributed by atoms with Crippen LogP contribution in [0.3, 0.4) is 0 Å². The summed E-state index contributed by atoms with van der Waals surface area (Å²) in [5.74, 6) is 1.33. The Kier molecular flexibility index (Phi) is 4.12. The Morgan fingerprint density at radius 3 is 2.65 bits per heavy atom. The molecule has 4 rings (SSSR count). The Hall–Kier alpha value is -3.22. The van der Waals surface area contributed by atoms with E-state index in [0.29, 0.717) is 18.9 Å². The third kappa shape index (κ3) is 3.15. The molecule has 1 N–H and O–H groups in total. The minimum Gasteiger partial charge on any atom is -0.350 e. The molecule has 1 saturated heterocycles. The molecule has 1 aliphatic rings. The second kappa shape index (κ2) is 6.59. The van der Waals surface area contributed by atoms with Gasteiger partial charge < -0.3 is 9.88 Å². The van der Waals surface area contributed by atoms with Crippen LogP contribution in [-0.4, -0.2) is 33.0 Å². The first-order valence-electron chi connectivity index (χ1n) is 8.61. The normalized spacial score (nSPS) is 14.7. The number of pyridine rings is 1. The molecule has 3 aromatic rings. The second-order valence-electron chi connectivity index (χ2n) is 6.48. The van der Waals surface area contributed by atoms with Crippen LogP contribution >= 0.6 is 0 Å². The van der Waals surface area contributed by atoms with Crippen molar-refractivity contribution in [1.82, 2.24) is 15.0 Å². The number of nitrogens with one attached hydrogen (secondary N) is 1. The highest BCUT2D eigenvalue weighted by atomic mass is 16.6. The van der Waals surface area contributed by atoms with Gasteiger partial charge in [-0.1, -0.05) is 17.7 Å². The number of H-pyrrole nitrogens is 1. The van der Waals surface area contributed by atoms with Gasteiger partial charge in [-0.05, 0) is 44.0 Å². The molecule has 7 heteroatoms. The lowest BCUT2D eigenvalue weighted by Gasteiger charge is -2.29. The van der Waals surface area contributed by atoms with Crippen LogP contribution in [0.4, 0.5) is 11.5 Å². The largest absolute Gasteiger partial charge is 0.350 e. The quantitative estimate of drug-likeness (QED) is 0.573. The Morgan fingerprint density at radius 1 is 1.15 bits per heavy atom. The number of piperidine rings is 1. The van der Waals surface area contributed by atoms with Crippen molar-refractivity contribution in [1.29, 1.82) is 0 Å². The SMILES string of the molecule is Cc1ccc([N+](=O)[O-])c(N2CCC(=Cc3nc4ccccc4[nH]3)CC2)n1. The number of aromatic amines is 1. The van der Waals surface area contributed by atoms with Crippen LogP contribution in [0.5, 0.6) is 0 Å². The summed E-state index contributed by atoms with van der Waals surface area (Å²) in [6, 6.07) is 11.2. The number of benzene rings is 1. The lowest BCUT2D eigenvalue weighted by atomic mass is 10.0. The summed E-state index contributed by atoms with van der Waals surface area (Å²) >= 11 is 0. The van der Waals surface area contributed by atoms with Gasteiger partial charge in [0.05, 0.1) is 16.0 Å². The Bertz CT molecular complexity index is 965. The van der Waals surface area contributed by atoms with Gasteiger partial charge in [0.25, 0.3) is 0 Å². The minimum atomic E-state index is -0.360. The molecule has 0 aliphatic carbocycles. The van der Waals surface area contributed by atoms with Gasteiger partial charge in [-0.25, -0.2) is 9.97 Å². The summed E-state index contributed by atoms with van der Waals surface area (Å²) in [7, 11) is 0. The number of hydrogen-bond donors (Lipinski definition) is 1. The van der Waals surface area contributed by atoms with Crippen LogP contribution in [0.2, 0.25) is 0 Å². The van der Waals surface area contributed by atoms with E-state index in [2.05, 4.69) is 21.0 Å². The predicted octanol–water partition coefficient (Wildman–Crippen LogP) is 3.86. The number of fused-ring (bicyclic) bond motifs is 1. The maximum Gasteiger partial charge on any atom is 0.311 e. The molecule has 0 saturated carbocycles. The van der Waals surface area contributed by atoms with Crippen molar-refractivity contribution in [3.05, 3.63) is 63.6 Å². The fraction of sp³-hybridized carbons (Fsp3) is 0.263. The summed E-state index contributed by atoms with van der Waals surface area (Å²) in [5, 5.41) is 11.3. The van der Waals surface area contributed by atoms with E-state index in [1.54, 1.807) is 6.07 Å². The Labute approximate surface area is 150 Å². The number of rotatable bonds is 3. The van der Waals surface area contributed by atoms with Crippen molar-refractivity contribution in [3.63, 3.8) is 0 Å². The molecule has 0 spiro atoms. The molecule has 3 heterocycles. The topological polar surface area (TPSA) is 88.0 Å². The van der Waals surface area contributed by atoms with Gasteiger partial charge in [0.1, 0.15) is 5.82 Å². The van der Waals surface area contributed by atoms with E-state index in [1.807, 2.05) is 36.1 Å². The zero-order chi connectivity index (χ0) is 18.1. The second-order valence-corrected chi connectivity index (χ2v) is 6.48. The molecule has 1 aliphatic heterocycles. The highest BCUT2D eigenvalue weighted by Gasteiger charge is 2.24. The van der Waals surface area contributed by atoms with Crippen molar-refractivity contribution in [2.45, 2.75) is 19.8 Å². The average Bonchev–Trinajstić information content (AvgIpc) is 3.04. The van der Waals surface area contributed by atoms with Crippen LogP contribution in [0.1, 0.15) is 24.4 Å². The number of hydrogen-bond acceptors (Lipinski definition) is 5. The zero-order valence-corrected chi connectivity index (χ0v) is 14.5. The predicted molar refractivity (Wildman–Crippen MR) is 101 cm³/mol. The highest BCUT2D eigenvalue weighted by molar-refractivity contribution is 5.76. The fourth-order valence-electron chi connectivity index (χ4n) is 3.30. The smallest absolute Gasteiger partial charge is 0.311 e. The van der Waals surface area contributed by atoms with Crippen molar-refractivity contribution in [3.8, 4) is 0 Å². The number of aromatic nitrogens is 3. The number of nitrogens with zero attached hydrogens (tertiary/aromatic N) is 4. The third-order valence-electron chi connectivity index (χ3n) is 4.64. The Morgan fingerprint density at radius 2 is 1.92 bits per heavy atom. The first-order chi connectivity index (χ1) is 12.6. The molecule has 0 amide bonds. The summed E-state index contributed by atoms with van der Waals surface area (Å²) in [5.41, 5.74) is 4.12. The van der Waals surface area contributed by atoms with Crippen molar-refractivity contribution >= 4 is 28.6 Å². The summed E-state index contributed by atoms with van der Waals surface area (Å²) < 4.78 is 0. The van der Waals surface area contributed by atoms with Crippen molar-refractivity contribution in [2.75, 3.05) is 18.0 Å². The molecule has 2 aromatic heterocycles. The van der Waals surface area contributed by atoms with Gasteiger partial charge in [-0.2, -0.15) is 0 Å². The van der Waals surface area contributed by atoms with Crippen molar-refractivity contribution in [2.24, 2.45) is 0 Å². The first-order valence-corrected chi connectivity index (χ1v) is 8.61. The van der Waals surface area contributed by atoms with E-state index in [4.69, 9.17) is 0 Å². The molecule has 0 radical (unpaired) electrons. The molecule has 1 fully saturated rings. The van der Waals surface area contributed by atoms with Gasteiger partial charge in [0.2, 0.25) is 5.82 Å². The average molecular weight is 349 g/mol. The van der Waals surface area contributed by atoms with Gasteiger partial charge in [0.15, 0.2) is 0 Å². The van der Waals surface area contributed by atoms with Crippen LogP contribution in [0, 0.1) is 17.0 Å². The van der Waals surface area contributed by atoms with Crippen LogP contribution < -0.4 is 4.90 Å². The summed E-state index contributed by atoms with van der Waals surface area (Å²) in [4.78, 5) is 25.2. The zero-order valence-electron chi connectivity index (χ0n) is 14.5. The molecule has 1 aromatic carbocycles. The van der Waals surface area contributed by atoms with E-state index in [-0.39, 0.29) is 10.6 Å². The molecule has 132 valence electrons. The molecule has 26 heavy (non-hydrogen) atoms. The molecular weight excluding hydrogens is 330 g/mol. The standard InChI is InChI=1S/C19H19N5O2/c1-13-6-7-17(24(25)26)19(20-13)23-10-8-14(9-11-23)12-18-21-15-4-2-3-5-16(15)22-18/h2-7,12H,8-11H2,1H3,(H,21,22). The summed E-state index contributed by atoms with van der Waals surface area (Å²) in [6.45, 7) is 3.27. The van der Waals surface area contributed by atoms with Gasteiger partial charge in [0, 0.05) is 24.8 Å². The van der Waals surface area contributed by atoms with Crippen LogP contribution in [0.25, 0.3) is 17.1 Å². The van der Waals surface area contributed by atoms with E-state index in [0.717, 1.165) is 35.4 Å². The lowest BCUT2D eigenvalue weighted by molar-refractivity contribution is -0.384. The number of nitro groups is 1. The number of para-hydroxylation sites is 2. The number of aryl methyl sites for hydroxylation is 1. The van der Waals surface area contributed by atoms with E-state index in [1.165, 1.54) is 11.6 Å². The van der Waals surface area contributed by atoms with Crippen LogP contribution in [-0.2, 0) is 0 Å². The number of anilines is 1. The monoisotopic (exact) mass is 349 g/mol. The molecular formula is C19H19N5O2.